The number of amides is 1. The van der Waals surface area contributed by atoms with Gasteiger partial charge in [0.05, 0.1) is 12.2 Å². The van der Waals surface area contributed by atoms with Gasteiger partial charge in [0.1, 0.15) is 5.82 Å². The van der Waals surface area contributed by atoms with Crippen LogP contribution in [0.25, 0.3) is 0 Å². The average molecular weight is 251 g/mol. The summed E-state index contributed by atoms with van der Waals surface area (Å²) in [6.45, 7) is 6.56. The number of carbonyl (C=O) groups excluding carboxylic acids is 1. The van der Waals surface area contributed by atoms with Crippen molar-refractivity contribution in [1.82, 2.24) is 9.88 Å². The topological polar surface area (TPSA) is 54.5 Å². The fourth-order valence-electron chi connectivity index (χ4n) is 1.47. The lowest BCUT2D eigenvalue weighted by atomic mass is 10.2. The molecule has 0 bridgehead atoms. The normalized spacial score (nSPS) is 10.2. The molecule has 1 aromatic heterocycles. The molecule has 0 aliphatic carbocycles. The molecule has 0 aliphatic rings. The predicted molar refractivity (Wildman–Crippen MR) is 71.9 cm³/mol. The molecule has 100 valence electrons. The molecule has 0 unspecified atom stereocenters. The van der Waals surface area contributed by atoms with Gasteiger partial charge in [0.25, 0.3) is 5.91 Å². The lowest BCUT2D eigenvalue weighted by molar-refractivity contribution is 0.0709. The van der Waals surface area contributed by atoms with Gasteiger partial charge in [-0.15, -0.1) is 0 Å². The quantitative estimate of drug-likeness (QED) is 0.748. The number of pyridine rings is 1. The Labute approximate surface area is 108 Å². The highest BCUT2D eigenvalue weighted by Crippen LogP contribution is 2.07. The summed E-state index contributed by atoms with van der Waals surface area (Å²) in [6.07, 6.45) is 1.59. The Bertz CT molecular complexity index is 365. The van der Waals surface area contributed by atoms with Crippen LogP contribution in [0, 0.1) is 0 Å². The monoisotopic (exact) mass is 251 g/mol. The SMILES string of the molecule is CCNc1ccc(C(=O)N(C)CCOCC)cn1. The van der Waals surface area contributed by atoms with Gasteiger partial charge in [0.15, 0.2) is 0 Å². The number of hydrogen-bond donors (Lipinski definition) is 1. The Morgan fingerprint density at radius 3 is 2.78 bits per heavy atom. The van der Waals surface area contributed by atoms with E-state index in [9.17, 15) is 4.79 Å². The van der Waals surface area contributed by atoms with Gasteiger partial charge >= 0.3 is 0 Å². The molecule has 1 amide bonds. The molecule has 5 heteroatoms. The Balaban J connectivity index is 2.54. The molecular weight excluding hydrogens is 230 g/mol. The number of nitrogens with zero attached hydrogens (tertiary/aromatic N) is 2. The van der Waals surface area contributed by atoms with Gasteiger partial charge in [0.2, 0.25) is 0 Å². The molecule has 1 aromatic rings. The van der Waals surface area contributed by atoms with E-state index in [2.05, 4.69) is 10.3 Å². The molecule has 0 fully saturated rings. The van der Waals surface area contributed by atoms with Crippen molar-refractivity contribution in [2.45, 2.75) is 13.8 Å². The maximum atomic E-state index is 12.0. The first-order chi connectivity index (χ1) is 8.69. The average Bonchev–Trinajstić information content (AvgIpc) is 2.39. The third kappa shape index (κ3) is 4.33. The summed E-state index contributed by atoms with van der Waals surface area (Å²) in [4.78, 5) is 17.8. The summed E-state index contributed by atoms with van der Waals surface area (Å²) in [5, 5.41) is 3.09. The van der Waals surface area contributed by atoms with Crippen molar-refractivity contribution in [2.24, 2.45) is 0 Å². The number of nitrogens with one attached hydrogen (secondary N) is 1. The molecule has 1 N–H and O–H groups in total. The van der Waals surface area contributed by atoms with Crippen LogP contribution in [-0.2, 0) is 4.74 Å². The molecule has 0 aromatic carbocycles. The van der Waals surface area contributed by atoms with Crippen LogP contribution >= 0.6 is 0 Å². The Morgan fingerprint density at radius 1 is 1.44 bits per heavy atom. The summed E-state index contributed by atoms with van der Waals surface area (Å²) < 4.78 is 5.22. The molecule has 1 rings (SSSR count). The minimum Gasteiger partial charge on any atom is -0.380 e. The highest BCUT2D eigenvalue weighted by atomic mass is 16.5. The maximum absolute atomic E-state index is 12.0. The van der Waals surface area contributed by atoms with E-state index in [0.29, 0.717) is 25.3 Å². The molecule has 0 spiro atoms. The summed E-state index contributed by atoms with van der Waals surface area (Å²) >= 11 is 0. The van der Waals surface area contributed by atoms with Crippen LogP contribution in [0.4, 0.5) is 5.82 Å². The third-order valence-corrected chi connectivity index (χ3v) is 2.49. The van der Waals surface area contributed by atoms with Crippen LogP contribution in [-0.4, -0.2) is 49.1 Å². The van der Waals surface area contributed by atoms with E-state index in [-0.39, 0.29) is 5.91 Å². The molecule has 0 saturated carbocycles. The van der Waals surface area contributed by atoms with Crippen LogP contribution in [0.1, 0.15) is 24.2 Å². The van der Waals surface area contributed by atoms with Crippen LogP contribution in [0.2, 0.25) is 0 Å². The zero-order chi connectivity index (χ0) is 13.4. The number of likely N-dealkylation sites (N-methyl/N-ethyl adjacent to an activating group) is 1. The van der Waals surface area contributed by atoms with Crippen molar-refractivity contribution in [2.75, 3.05) is 38.7 Å². The highest BCUT2D eigenvalue weighted by Gasteiger charge is 2.11. The van der Waals surface area contributed by atoms with E-state index >= 15 is 0 Å². The Morgan fingerprint density at radius 2 is 2.22 bits per heavy atom. The number of ether oxygens (including phenoxy) is 1. The van der Waals surface area contributed by atoms with E-state index in [1.54, 1.807) is 24.2 Å². The number of hydrogen-bond acceptors (Lipinski definition) is 4. The second-order valence-electron chi connectivity index (χ2n) is 3.89. The summed E-state index contributed by atoms with van der Waals surface area (Å²) in [5.41, 5.74) is 0.593. The smallest absolute Gasteiger partial charge is 0.255 e. The summed E-state index contributed by atoms with van der Waals surface area (Å²) in [6, 6.07) is 3.59. The maximum Gasteiger partial charge on any atom is 0.255 e. The first kappa shape index (κ1) is 14.4. The van der Waals surface area contributed by atoms with Crippen molar-refractivity contribution in [3.8, 4) is 0 Å². The molecule has 0 atom stereocenters. The summed E-state index contributed by atoms with van der Waals surface area (Å²) in [5.74, 6) is 0.747. The molecular formula is C13H21N3O2. The molecule has 5 nitrogen and oxygen atoms in total. The first-order valence-corrected chi connectivity index (χ1v) is 6.22. The minimum absolute atomic E-state index is 0.0368. The zero-order valence-corrected chi connectivity index (χ0v) is 11.3. The fraction of sp³-hybridized carbons (Fsp3) is 0.538. The zero-order valence-electron chi connectivity index (χ0n) is 11.3. The van der Waals surface area contributed by atoms with Crippen LogP contribution in [0.5, 0.6) is 0 Å². The largest absolute Gasteiger partial charge is 0.380 e. The lowest BCUT2D eigenvalue weighted by Gasteiger charge is -2.16. The number of anilines is 1. The van der Waals surface area contributed by atoms with E-state index in [1.807, 2.05) is 19.9 Å². The second-order valence-corrected chi connectivity index (χ2v) is 3.89. The fourth-order valence-corrected chi connectivity index (χ4v) is 1.47. The molecule has 0 radical (unpaired) electrons. The number of aromatic nitrogens is 1. The van der Waals surface area contributed by atoms with E-state index in [1.165, 1.54) is 0 Å². The van der Waals surface area contributed by atoms with Gasteiger partial charge < -0.3 is 15.0 Å². The Hall–Kier alpha value is -1.62. The number of carbonyl (C=O) groups is 1. The van der Waals surface area contributed by atoms with E-state index < -0.39 is 0 Å². The minimum atomic E-state index is -0.0368. The van der Waals surface area contributed by atoms with E-state index in [0.717, 1.165) is 12.4 Å². The van der Waals surface area contributed by atoms with Gasteiger partial charge in [-0.2, -0.15) is 0 Å². The van der Waals surface area contributed by atoms with Gasteiger partial charge in [-0.25, -0.2) is 4.98 Å². The van der Waals surface area contributed by atoms with Crippen LogP contribution in [0.15, 0.2) is 18.3 Å². The molecule has 0 saturated heterocycles. The highest BCUT2D eigenvalue weighted by molar-refractivity contribution is 5.93. The Kier molecular flexibility index (Phi) is 6.14. The third-order valence-electron chi connectivity index (χ3n) is 2.49. The summed E-state index contributed by atoms with van der Waals surface area (Å²) in [7, 11) is 1.76. The van der Waals surface area contributed by atoms with Gasteiger partial charge in [0, 0.05) is 32.9 Å². The van der Waals surface area contributed by atoms with E-state index in [4.69, 9.17) is 4.74 Å². The number of rotatable bonds is 7. The molecule has 18 heavy (non-hydrogen) atoms. The van der Waals surface area contributed by atoms with Crippen molar-refractivity contribution in [3.05, 3.63) is 23.9 Å². The van der Waals surface area contributed by atoms with Crippen molar-refractivity contribution in [1.29, 1.82) is 0 Å². The van der Waals surface area contributed by atoms with Crippen LogP contribution < -0.4 is 5.32 Å². The van der Waals surface area contributed by atoms with Crippen molar-refractivity contribution in [3.63, 3.8) is 0 Å². The van der Waals surface area contributed by atoms with Crippen molar-refractivity contribution < 1.29 is 9.53 Å². The standard InChI is InChI=1S/C13H21N3O2/c1-4-14-12-7-6-11(10-15-12)13(17)16(3)8-9-18-5-2/h6-7,10H,4-5,8-9H2,1-3H3,(H,14,15). The van der Waals surface area contributed by atoms with Gasteiger partial charge in [-0.1, -0.05) is 0 Å². The van der Waals surface area contributed by atoms with Gasteiger partial charge in [-0.3, -0.25) is 4.79 Å². The van der Waals surface area contributed by atoms with Gasteiger partial charge in [-0.05, 0) is 26.0 Å². The molecule has 0 aliphatic heterocycles. The van der Waals surface area contributed by atoms with Crippen molar-refractivity contribution >= 4 is 11.7 Å². The first-order valence-electron chi connectivity index (χ1n) is 6.22. The van der Waals surface area contributed by atoms with Crippen LogP contribution in [0.3, 0.4) is 0 Å². The second kappa shape index (κ2) is 7.66. The lowest BCUT2D eigenvalue weighted by Crippen LogP contribution is -2.30. The molecule has 1 heterocycles. The predicted octanol–water partition coefficient (Wildman–Crippen LogP) is 1.62.